The molecule has 1 aromatic rings. The first-order valence-electron chi connectivity index (χ1n) is 5.70. The van der Waals surface area contributed by atoms with E-state index in [4.69, 9.17) is 0 Å². The van der Waals surface area contributed by atoms with E-state index in [9.17, 15) is 13.2 Å². The molecular formula is C13H18O3S2. The highest BCUT2D eigenvalue weighted by molar-refractivity contribution is 8.13. The van der Waals surface area contributed by atoms with E-state index in [-0.39, 0.29) is 5.78 Å². The third kappa shape index (κ3) is 3.85. The predicted octanol–water partition coefficient (Wildman–Crippen LogP) is 2.83. The standard InChI is InChI=1S/C13H18O3S2/c1-10-4-7-12(8-5-10)18(15,16)13(17-3)9-6-11(2)14/h4-5,7-8,13H,6,9H2,1-3H3. The Labute approximate surface area is 113 Å². The second-order valence-corrected chi connectivity index (χ2v) is 7.73. The summed E-state index contributed by atoms with van der Waals surface area (Å²) in [5.74, 6) is 0.0214. The Bertz CT molecular complexity index is 504. The highest BCUT2D eigenvalue weighted by Crippen LogP contribution is 2.26. The number of carbonyl (C=O) groups excluding carboxylic acids is 1. The molecule has 0 saturated carbocycles. The molecule has 0 spiro atoms. The van der Waals surface area contributed by atoms with Crippen LogP contribution in [0.3, 0.4) is 0 Å². The molecule has 0 saturated heterocycles. The number of hydrogen-bond donors (Lipinski definition) is 0. The van der Waals surface area contributed by atoms with Crippen LogP contribution in [0.1, 0.15) is 25.3 Å². The van der Waals surface area contributed by atoms with E-state index in [1.165, 1.54) is 18.7 Å². The van der Waals surface area contributed by atoms with Crippen LogP contribution in [-0.4, -0.2) is 25.0 Å². The van der Waals surface area contributed by atoms with Gasteiger partial charge in [0.2, 0.25) is 0 Å². The van der Waals surface area contributed by atoms with Gasteiger partial charge >= 0.3 is 0 Å². The number of hydrogen-bond acceptors (Lipinski definition) is 4. The van der Waals surface area contributed by atoms with Crippen molar-refractivity contribution in [1.29, 1.82) is 0 Å². The Balaban J connectivity index is 2.95. The summed E-state index contributed by atoms with van der Waals surface area (Å²) < 4.78 is 24.2. The van der Waals surface area contributed by atoms with Crippen molar-refractivity contribution in [2.24, 2.45) is 0 Å². The summed E-state index contributed by atoms with van der Waals surface area (Å²) in [5.41, 5.74) is 1.03. The molecular weight excluding hydrogens is 268 g/mol. The van der Waals surface area contributed by atoms with Gasteiger partial charge in [0.15, 0.2) is 9.84 Å². The monoisotopic (exact) mass is 286 g/mol. The third-order valence-corrected chi connectivity index (χ3v) is 6.65. The summed E-state index contributed by atoms with van der Waals surface area (Å²) in [6.07, 6.45) is 2.43. The zero-order valence-corrected chi connectivity index (χ0v) is 12.5. The maximum absolute atomic E-state index is 12.4. The van der Waals surface area contributed by atoms with Crippen molar-refractivity contribution >= 4 is 27.4 Å². The fourth-order valence-electron chi connectivity index (χ4n) is 1.60. The number of carbonyl (C=O) groups is 1. The fraction of sp³-hybridized carbons (Fsp3) is 0.462. The van der Waals surface area contributed by atoms with Crippen molar-refractivity contribution in [3.63, 3.8) is 0 Å². The van der Waals surface area contributed by atoms with Gasteiger partial charge in [-0.3, -0.25) is 0 Å². The van der Waals surface area contributed by atoms with Gasteiger partial charge < -0.3 is 4.79 Å². The highest BCUT2D eigenvalue weighted by atomic mass is 32.3. The van der Waals surface area contributed by atoms with Crippen LogP contribution in [0.2, 0.25) is 0 Å². The molecule has 1 unspecified atom stereocenters. The molecule has 0 aliphatic carbocycles. The molecule has 3 nitrogen and oxygen atoms in total. The lowest BCUT2D eigenvalue weighted by atomic mass is 10.2. The SMILES string of the molecule is CSC(CCC(C)=O)S(=O)(=O)c1ccc(C)cc1. The summed E-state index contributed by atoms with van der Waals surface area (Å²) in [4.78, 5) is 11.3. The molecule has 1 atom stereocenters. The molecule has 18 heavy (non-hydrogen) atoms. The number of sulfone groups is 1. The fourth-order valence-corrected chi connectivity index (χ4v) is 4.55. The number of rotatable bonds is 6. The van der Waals surface area contributed by atoms with Gasteiger partial charge in [0, 0.05) is 6.42 Å². The molecule has 1 aromatic carbocycles. The average molecular weight is 286 g/mol. The van der Waals surface area contributed by atoms with Crippen LogP contribution in [0.25, 0.3) is 0 Å². The van der Waals surface area contributed by atoms with E-state index in [0.29, 0.717) is 17.7 Å². The molecule has 0 fully saturated rings. The number of thioether (sulfide) groups is 1. The van der Waals surface area contributed by atoms with E-state index in [1.54, 1.807) is 30.5 Å². The normalized spacial score (nSPS) is 13.3. The molecule has 0 aliphatic heterocycles. The first kappa shape index (κ1) is 15.2. The first-order valence-corrected chi connectivity index (χ1v) is 8.54. The number of ketones is 1. The Morgan fingerprint density at radius 2 is 1.83 bits per heavy atom. The van der Waals surface area contributed by atoms with E-state index in [0.717, 1.165) is 5.56 Å². The second-order valence-electron chi connectivity index (χ2n) is 4.26. The molecule has 0 N–H and O–H groups in total. The Morgan fingerprint density at radius 3 is 2.28 bits per heavy atom. The van der Waals surface area contributed by atoms with Crippen molar-refractivity contribution in [1.82, 2.24) is 0 Å². The van der Waals surface area contributed by atoms with Crippen molar-refractivity contribution in [3.05, 3.63) is 29.8 Å². The molecule has 0 radical (unpaired) electrons. The molecule has 0 bridgehead atoms. The number of benzene rings is 1. The minimum atomic E-state index is -3.35. The highest BCUT2D eigenvalue weighted by Gasteiger charge is 2.26. The summed E-state index contributed by atoms with van der Waals surface area (Å²) in [6, 6.07) is 6.83. The summed E-state index contributed by atoms with van der Waals surface area (Å²) in [6.45, 7) is 3.40. The summed E-state index contributed by atoms with van der Waals surface area (Å²) in [5, 5.41) is 0. The van der Waals surface area contributed by atoms with E-state index in [2.05, 4.69) is 0 Å². The van der Waals surface area contributed by atoms with Gasteiger partial charge in [0.25, 0.3) is 0 Å². The van der Waals surface area contributed by atoms with E-state index < -0.39 is 14.4 Å². The summed E-state index contributed by atoms with van der Waals surface area (Å²) >= 11 is 1.28. The number of aryl methyl sites for hydroxylation is 1. The maximum atomic E-state index is 12.4. The minimum Gasteiger partial charge on any atom is -0.300 e. The van der Waals surface area contributed by atoms with Crippen LogP contribution < -0.4 is 0 Å². The average Bonchev–Trinajstić information content (AvgIpc) is 2.29. The van der Waals surface area contributed by atoms with Gasteiger partial charge in [-0.15, -0.1) is 11.8 Å². The van der Waals surface area contributed by atoms with Crippen LogP contribution >= 0.6 is 11.8 Å². The Morgan fingerprint density at radius 1 is 1.28 bits per heavy atom. The lowest BCUT2D eigenvalue weighted by molar-refractivity contribution is -0.117. The van der Waals surface area contributed by atoms with Crippen molar-refractivity contribution < 1.29 is 13.2 Å². The van der Waals surface area contributed by atoms with Crippen LogP contribution in [0, 0.1) is 6.92 Å². The predicted molar refractivity (Wildman–Crippen MR) is 75.6 cm³/mol. The molecule has 1 rings (SSSR count). The van der Waals surface area contributed by atoms with Gasteiger partial charge in [-0.05, 0) is 38.7 Å². The molecule has 100 valence electrons. The van der Waals surface area contributed by atoms with Crippen molar-refractivity contribution in [2.45, 2.75) is 36.2 Å². The topological polar surface area (TPSA) is 51.2 Å². The van der Waals surface area contributed by atoms with Crippen LogP contribution in [0.4, 0.5) is 0 Å². The van der Waals surface area contributed by atoms with Gasteiger partial charge in [-0.25, -0.2) is 8.42 Å². The largest absolute Gasteiger partial charge is 0.300 e. The molecule has 0 amide bonds. The maximum Gasteiger partial charge on any atom is 0.190 e. The van der Waals surface area contributed by atoms with E-state index >= 15 is 0 Å². The zero-order chi connectivity index (χ0) is 13.8. The van der Waals surface area contributed by atoms with Crippen LogP contribution in [0.15, 0.2) is 29.2 Å². The third-order valence-electron chi connectivity index (χ3n) is 2.69. The molecule has 0 aromatic heterocycles. The Hall–Kier alpha value is -0.810. The lowest BCUT2D eigenvalue weighted by Crippen LogP contribution is -2.18. The summed E-state index contributed by atoms with van der Waals surface area (Å²) in [7, 11) is -3.35. The van der Waals surface area contributed by atoms with Gasteiger partial charge in [-0.2, -0.15) is 0 Å². The first-order chi connectivity index (χ1) is 8.37. The van der Waals surface area contributed by atoms with Crippen molar-refractivity contribution in [2.75, 3.05) is 6.26 Å². The smallest absolute Gasteiger partial charge is 0.190 e. The van der Waals surface area contributed by atoms with Crippen LogP contribution in [-0.2, 0) is 14.6 Å². The second kappa shape index (κ2) is 6.38. The van der Waals surface area contributed by atoms with Gasteiger partial charge in [0.05, 0.1) is 4.90 Å². The Kier molecular flexibility index (Phi) is 5.41. The number of Topliss-reactive ketones (excluding diaryl/α,β-unsaturated/α-hetero) is 1. The molecule has 0 aliphatic rings. The zero-order valence-electron chi connectivity index (χ0n) is 10.8. The minimum absolute atomic E-state index is 0.0214. The van der Waals surface area contributed by atoms with Gasteiger partial charge in [0.1, 0.15) is 10.4 Å². The molecule has 0 heterocycles. The van der Waals surface area contributed by atoms with Crippen molar-refractivity contribution in [3.8, 4) is 0 Å². The van der Waals surface area contributed by atoms with E-state index in [1.807, 2.05) is 6.92 Å². The molecule has 5 heteroatoms. The quantitative estimate of drug-likeness (QED) is 0.807. The van der Waals surface area contributed by atoms with Gasteiger partial charge in [-0.1, -0.05) is 17.7 Å². The lowest BCUT2D eigenvalue weighted by Gasteiger charge is -2.15. The van der Waals surface area contributed by atoms with Crippen LogP contribution in [0.5, 0.6) is 0 Å².